The van der Waals surface area contributed by atoms with Crippen LogP contribution in [0, 0.1) is 0 Å². The molecule has 0 spiro atoms. The lowest BCUT2D eigenvalue weighted by molar-refractivity contribution is 0.156. The summed E-state index contributed by atoms with van der Waals surface area (Å²) in [4.78, 5) is 4.06. The minimum atomic E-state index is -0.596. The van der Waals surface area contributed by atoms with Gasteiger partial charge in [-0.3, -0.25) is 9.67 Å². The molecule has 0 radical (unpaired) electrons. The third kappa shape index (κ3) is 3.55. The third-order valence-corrected chi connectivity index (χ3v) is 3.30. The molecule has 5 heteroatoms. The molecule has 0 aliphatic carbocycles. The van der Waals surface area contributed by atoms with Gasteiger partial charge in [-0.15, -0.1) is 0 Å². The second-order valence-electron chi connectivity index (χ2n) is 4.52. The fourth-order valence-electron chi connectivity index (χ4n) is 2.08. The van der Waals surface area contributed by atoms with E-state index in [0.717, 1.165) is 24.9 Å². The minimum Gasteiger partial charge on any atom is -0.387 e. The van der Waals surface area contributed by atoms with Crippen molar-refractivity contribution in [3.05, 3.63) is 47.0 Å². The smallest absolute Gasteiger partial charge is 0.0975 e. The largest absolute Gasteiger partial charge is 0.387 e. The predicted octanol–water partition coefficient (Wildman–Crippen LogP) is 3.01. The molecule has 0 amide bonds. The highest BCUT2D eigenvalue weighted by atomic mass is 35.5. The van der Waals surface area contributed by atoms with Gasteiger partial charge in [0.25, 0.3) is 0 Å². The van der Waals surface area contributed by atoms with Gasteiger partial charge in [0.05, 0.1) is 23.0 Å². The van der Waals surface area contributed by atoms with Crippen molar-refractivity contribution in [3.8, 4) is 0 Å². The zero-order valence-corrected chi connectivity index (χ0v) is 11.7. The van der Waals surface area contributed by atoms with E-state index in [2.05, 4.69) is 17.0 Å². The molecule has 0 fully saturated rings. The van der Waals surface area contributed by atoms with Crippen molar-refractivity contribution in [3.63, 3.8) is 0 Å². The van der Waals surface area contributed by atoms with Crippen molar-refractivity contribution in [2.75, 3.05) is 0 Å². The summed E-state index contributed by atoms with van der Waals surface area (Å²) >= 11 is 6.10. The van der Waals surface area contributed by atoms with Crippen molar-refractivity contribution in [2.24, 2.45) is 0 Å². The summed E-state index contributed by atoms with van der Waals surface area (Å²) in [7, 11) is 0. The second kappa shape index (κ2) is 6.68. The van der Waals surface area contributed by atoms with Crippen molar-refractivity contribution < 1.29 is 5.11 Å². The molecule has 102 valence electrons. The van der Waals surface area contributed by atoms with Gasteiger partial charge in [0.1, 0.15) is 0 Å². The molecular formula is C14H18ClN3O. The van der Waals surface area contributed by atoms with Gasteiger partial charge in [0, 0.05) is 18.9 Å². The Morgan fingerprint density at radius 1 is 1.42 bits per heavy atom. The van der Waals surface area contributed by atoms with E-state index in [1.54, 1.807) is 17.1 Å². The highest BCUT2D eigenvalue weighted by molar-refractivity contribution is 6.31. The maximum Gasteiger partial charge on any atom is 0.0975 e. The molecule has 2 rings (SSSR count). The summed E-state index contributed by atoms with van der Waals surface area (Å²) in [6.45, 7) is 2.84. The lowest BCUT2D eigenvalue weighted by Crippen LogP contribution is -2.10. The van der Waals surface area contributed by atoms with Crippen LogP contribution in [0.5, 0.6) is 0 Å². The van der Waals surface area contributed by atoms with Gasteiger partial charge in [-0.25, -0.2) is 0 Å². The summed E-state index contributed by atoms with van der Waals surface area (Å²) in [5.41, 5.74) is 1.83. The van der Waals surface area contributed by atoms with Crippen molar-refractivity contribution in [1.29, 1.82) is 0 Å². The Balaban J connectivity index is 2.03. The molecule has 0 saturated heterocycles. The number of hydrogen-bond donors (Lipinski definition) is 1. The van der Waals surface area contributed by atoms with E-state index in [1.165, 1.54) is 0 Å². The number of aliphatic hydroxyl groups excluding tert-OH is 1. The van der Waals surface area contributed by atoms with Crippen LogP contribution in [0.2, 0.25) is 5.02 Å². The van der Waals surface area contributed by atoms with Gasteiger partial charge in [-0.1, -0.05) is 24.6 Å². The Bertz CT molecular complexity index is 513. The van der Waals surface area contributed by atoms with Crippen LogP contribution < -0.4 is 0 Å². The molecule has 1 unspecified atom stereocenters. The summed E-state index contributed by atoms with van der Waals surface area (Å²) in [6.07, 6.45) is 6.90. The summed E-state index contributed by atoms with van der Waals surface area (Å²) < 4.78 is 1.79. The van der Waals surface area contributed by atoms with Crippen LogP contribution in [0.25, 0.3) is 0 Å². The van der Waals surface area contributed by atoms with Crippen LogP contribution in [0.1, 0.15) is 37.1 Å². The van der Waals surface area contributed by atoms with Gasteiger partial charge in [-0.2, -0.15) is 5.10 Å². The molecule has 0 saturated carbocycles. The number of hydrogen-bond acceptors (Lipinski definition) is 3. The SMILES string of the molecule is CCCn1ncc(Cl)c1C(O)CCc1cccnc1. The second-order valence-corrected chi connectivity index (χ2v) is 4.92. The number of pyridine rings is 1. The Labute approximate surface area is 118 Å². The lowest BCUT2D eigenvalue weighted by Gasteiger charge is -2.13. The molecule has 4 nitrogen and oxygen atoms in total. The highest BCUT2D eigenvalue weighted by Gasteiger charge is 2.17. The Morgan fingerprint density at radius 3 is 2.95 bits per heavy atom. The Morgan fingerprint density at radius 2 is 2.26 bits per heavy atom. The van der Waals surface area contributed by atoms with Gasteiger partial charge >= 0.3 is 0 Å². The summed E-state index contributed by atoms with van der Waals surface area (Å²) in [5.74, 6) is 0. The van der Waals surface area contributed by atoms with Crippen LogP contribution in [0.3, 0.4) is 0 Å². The van der Waals surface area contributed by atoms with Crippen molar-refractivity contribution >= 4 is 11.6 Å². The molecule has 2 aromatic rings. The zero-order valence-electron chi connectivity index (χ0n) is 11.0. The van der Waals surface area contributed by atoms with Gasteiger partial charge in [0.2, 0.25) is 0 Å². The fraction of sp³-hybridized carbons (Fsp3) is 0.429. The predicted molar refractivity (Wildman–Crippen MR) is 75.0 cm³/mol. The van der Waals surface area contributed by atoms with Crippen molar-refractivity contribution in [1.82, 2.24) is 14.8 Å². The van der Waals surface area contributed by atoms with Crippen LogP contribution in [-0.2, 0) is 13.0 Å². The van der Waals surface area contributed by atoms with Crippen LogP contribution in [-0.4, -0.2) is 19.9 Å². The van der Waals surface area contributed by atoms with E-state index in [4.69, 9.17) is 11.6 Å². The van der Waals surface area contributed by atoms with E-state index in [1.807, 2.05) is 18.3 Å². The standard InChI is InChI=1S/C14H18ClN3O/c1-2-8-18-14(12(15)10-17-18)13(19)6-5-11-4-3-7-16-9-11/h3-4,7,9-10,13,19H,2,5-6,8H2,1H3. The van der Waals surface area contributed by atoms with Crippen LogP contribution >= 0.6 is 11.6 Å². The first-order valence-electron chi connectivity index (χ1n) is 6.50. The van der Waals surface area contributed by atoms with Crippen LogP contribution in [0.4, 0.5) is 0 Å². The van der Waals surface area contributed by atoms with Gasteiger partial charge in [0.15, 0.2) is 0 Å². The van der Waals surface area contributed by atoms with E-state index < -0.39 is 6.10 Å². The number of aromatic nitrogens is 3. The third-order valence-electron chi connectivity index (χ3n) is 3.01. The Kier molecular flexibility index (Phi) is 4.93. The summed E-state index contributed by atoms with van der Waals surface area (Å²) in [5, 5.41) is 15.0. The quantitative estimate of drug-likeness (QED) is 0.884. The van der Waals surface area contributed by atoms with Crippen molar-refractivity contribution in [2.45, 2.75) is 38.8 Å². The summed E-state index contributed by atoms with van der Waals surface area (Å²) in [6, 6.07) is 3.90. The van der Waals surface area contributed by atoms with E-state index >= 15 is 0 Å². The molecule has 0 bridgehead atoms. The molecule has 1 atom stereocenters. The topological polar surface area (TPSA) is 50.9 Å². The van der Waals surface area contributed by atoms with Crippen LogP contribution in [0.15, 0.2) is 30.7 Å². The normalized spacial score (nSPS) is 12.6. The fourth-order valence-corrected chi connectivity index (χ4v) is 2.35. The monoisotopic (exact) mass is 279 g/mol. The number of rotatable bonds is 6. The lowest BCUT2D eigenvalue weighted by atomic mass is 10.1. The van der Waals surface area contributed by atoms with Gasteiger partial charge < -0.3 is 5.11 Å². The van der Waals surface area contributed by atoms with E-state index in [-0.39, 0.29) is 0 Å². The first-order valence-corrected chi connectivity index (χ1v) is 6.88. The zero-order chi connectivity index (χ0) is 13.7. The van der Waals surface area contributed by atoms with Gasteiger partial charge in [-0.05, 0) is 30.9 Å². The first-order chi connectivity index (χ1) is 9.22. The maximum atomic E-state index is 10.3. The molecule has 2 aromatic heterocycles. The molecule has 0 aliphatic heterocycles. The molecule has 0 aliphatic rings. The van der Waals surface area contributed by atoms with E-state index in [9.17, 15) is 5.11 Å². The minimum absolute atomic E-state index is 0.534. The van der Waals surface area contributed by atoms with E-state index in [0.29, 0.717) is 17.1 Å². The number of aryl methyl sites for hydroxylation is 2. The number of aliphatic hydroxyl groups is 1. The highest BCUT2D eigenvalue weighted by Crippen LogP contribution is 2.26. The maximum absolute atomic E-state index is 10.3. The Hall–Kier alpha value is -1.39. The molecule has 0 aromatic carbocycles. The molecule has 19 heavy (non-hydrogen) atoms. The first kappa shape index (κ1) is 14.0. The molecule has 2 heterocycles. The molecule has 1 N–H and O–H groups in total. The average molecular weight is 280 g/mol. The number of halogens is 1. The number of nitrogens with zero attached hydrogens (tertiary/aromatic N) is 3. The average Bonchev–Trinajstić information content (AvgIpc) is 2.79. The molecular weight excluding hydrogens is 262 g/mol.